The van der Waals surface area contributed by atoms with Crippen LogP contribution in [0.2, 0.25) is 0 Å². The third-order valence-corrected chi connectivity index (χ3v) is 3.62. The first kappa shape index (κ1) is 21.1. The monoisotopic (exact) mass is 358 g/mol. The van der Waals surface area contributed by atoms with Gasteiger partial charge in [-0.25, -0.2) is 4.79 Å². The summed E-state index contributed by atoms with van der Waals surface area (Å²) in [4.78, 5) is 10.7. The molecule has 1 fully saturated rings. The van der Waals surface area contributed by atoms with Crippen LogP contribution in [-0.2, 0) is 14.3 Å². The molecule has 0 radical (unpaired) electrons. The lowest BCUT2D eigenvalue weighted by Crippen LogP contribution is -2.61. The molecule has 1 aliphatic heterocycles. The molecule has 0 spiro atoms. The van der Waals surface area contributed by atoms with Crippen LogP contribution in [0.15, 0.2) is 0 Å². The van der Waals surface area contributed by atoms with Gasteiger partial charge >= 0.3 is 5.97 Å². The fourth-order valence-corrected chi connectivity index (χ4v) is 2.16. The minimum atomic E-state index is -2.39. The normalized spacial score (nSPS) is 35.9. The minimum absolute atomic E-state index is 0.766. The molecule has 1 heterocycles. The van der Waals surface area contributed by atoms with Gasteiger partial charge in [0, 0.05) is 0 Å². The molecule has 24 heavy (non-hydrogen) atoms. The molecule has 0 aromatic heterocycles. The molecule has 12 heteroatoms. The van der Waals surface area contributed by atoms with Crippen LogP contribution in [0.4, 0.5) is 0 Å². The maximum Gasteiger partial charge on any atom is 0.335 e. The van der Waals surface area contributed by atoms with Crippen molar-refractivity contribution in [2.45, 2.75) is 55.1 Å². The van der Waals surface area contributed by atoms with Crippen molar-refractivity contribution in [2.24, 2.45) is 0 Å². The summed E-state index contributed by atoms with van der Waals surface area (Å²) in [5.41, 5.74) is 0. The number of carboxylic acid groups (broad SMARTS) is 1. The molecule has 9 atom stereocenters. The molecule has 0 saturated carbocycles. The third-order valence-electron chi connectivity index (χ3n) is 3.62. The Hall–Kier alpha value is -0.930. The van der Waals surface area contributed by atoms with Crippen molar-refractivity contribution in [1.29, 1.82) is 0 Å². The number of ether oxygens (including phenoxy) is 2. The van der Waals surface area contributed by atoms with Gasteiger partial charge in [-0.3, -0.25) is 0 Å². The number of hydrogen-bond donors (Lipinski definition) is 9. The lowest BCUT2D eigenvalue weighted by Gasteiger charge is -2.42. The van der Waals surface area contributed by atoms with Crippen molar-refractivity contribution < 1.29 is 60.2 Å². The standard InChI is InChI=1S/C12H22O12/c13-1-3(15)10(7(18)8(19)11(21)22)24-12-9(20)6(17)5(16)4(2-14)23-12/h3-10,12-20H,1-2H2,(H,21,22)/t3-,4-,5-,6+,7-,8-,9-,10-,12-/m1/s1. The van der Waals surface area contributed by atoms with Crippen molar-refractivity contribution in [3.63, 3.8) is 0 Å². The fourth-order valence-electron chi connectivity index (χ4n) is 2.16. The summed E-state index contributed by atoms with van der Waals surface area (Å²) in [6.45, 7) is -1.76. The molecule has 0 aliphatic carbocycles. The van der Waals surface area contributed by atoms with E-state index in [4.69, 9.17) is 24.8 Å². The highest BCUT2D eigenvalue weighted by Crippen LogP contribution is 2.24. The molecule has 12 nitrogen and oxygen atoms in total. The number of aliphatic carboxylic acids is 1. The predicted molar refractivity (Wildman–Crippen MR) is 71.4 cm³/mol. The summed E-state index contributed by atoms with van der Waals surface area (Å²) in [5, 5.41) is 84.5. The molecular formula is C12H22O12. The quantitative estimate of drug-likeness (QED) is 0.198. The van der Waals surface area contributed by atoms with Crippen molar-refractivity contribution in [3.8, 4) is 0 Å². The zero-order valence-corrected chi connectivity index (χ0v) is 12.4. The summed E-state index contributed by atoms with van der Waals surface area (Å²) in [5.74, 6) is -1.84. The molecule has 0 aromatic carbocycles. The smallest absolute Gasteiger partial charge is 0.335 e. The lowest BCUT2D eigenvalue weighted by atomic mass is 9.98. The van der Waals surface area contributed by atoms with Crippen LogP contribution in [0.5, 0.6) is 0 Å². The molecular weight excluding hydrogens is 336 g/mol. The Morgan fingerprint density at radius 3 is 2.08 bits per heavy atom. The van der Waals surface area contributed by atoms with E-state index in [0.717, 1.165) is 0 Å². The molecule has 142 valence electrons. The Morgan fingerprint density at radius 1 is 1.04 bits per heavy atom. The number of hydrogen-bond acceptors (Lipinski definition) is 11. The van der Waals surface area contributed by atoms with Crippen LogP contribution in [0.3, 0.4) is 0 Å². The van der Waals surface area contributed by atoms with Gasteiger partial charge in [0.05, 0.1) is 13.2 Å². The highest BCUT2D eigenvalue weighted by Gasteiger charge is 2.47. The molecule has 1 aliphatic rings. The Labute approximate surface area is 135 Å². The van der Waals surface area contributed by atoms with Crippen LogP contribution in [-0.4, -0.2) is 120 Å². The van der Waals surface area contributed by atoms with E-state index in [9.17, 15) is 35.4 Å². The van der Waals surface area contributed by atoms with Crippen LogP contribution < -0.4 is 0 Å². The van der Waals surface area contributed by atoms with Gasteiger partial charge in [0.15, 0.2) is 12.4 Å². The Morgan fingerprint density at radius 2 is 1.62 bits per heavy atom. The number of carboxylic acids is 1. The summed E-state index contributed by atoms with van der Waals surface area (Å²) >= 11 is 0. The fraction of sp³-hybridized carbons (Fsp3) is 0.917. The first-order chi connectivity index (χ1) is 11.1. The summed E-state index contributed by atoms with van der Waals surface area (Å²) < 4.78 is 9.98. The molecule has 1 saturated heterocycles. The van der Waals surface area contributed by atoms with Gasteiger partial charge in [-0.15, -0.1) is 0 Å². The van der Waals surface area contributed by atoms with E-state index >= 15 is 0 Å². The molecule has 0 unspecified atom stereocenters. The van der Waals surface area contributed by atoms with Gasteiger partial charge in [-0.05, 0) is 0 Å². The van der Waals surface area contributed by atoms with Gasteiger partial charge in [-0.1, -0.05) is 0 Å². The van der Waals surface area contributed by atoms with E-state index in [1.54, 1.807) is 0 Å². The van der Waals surface area contributed by atoms with Gasteiger partial charge in [0.25, 0.3) is 0 Å². The van der Waals surface area contributed by atoms with Crippen LogP contribution >= 0.6 is 0 Å². The van der Waals surface area contributed by atoms with E-state index in [-0.39, 0.29) is 0 Å². The molecule has 0 bridgehead atoms. The van der Waals surface area contributed by atoms with E-state index in [0.29, 0.717) is 0 Å². The summed E-state index contributed by atoms with van der Waals surface area (Å²) in [7, 11) is 0. The second kappa shape index (κ2) is 8.96. The summed E-state index contributed by atoms with van der Waals surface area (Å²) in [6, 6.07) is 0. The van der Waals surface area contributed by atoms with Crippen LogP contribution in [0, 0.1) is 0 Å². The number of rotatable bonds is 8. The molecule has 0 aromatic rings. The Bertz CT molecular complexity index is 403. The maximum absolute atomic E-state index is 10.7. The summed E-state index contributed by atoms with van der Waals surface area (Å²) in [6.07, 6.45) is -16.9. The average molecular weight is 358 g/mol. The van der Waals surface area contributed by atoms with Crippen LogP contribution in [0.1, 0.15) is 0 Å². The van der Waals surface area contributed by atoms with Gasteiger partial charge < -0.3 is 55.4 Å². The van der Waals surface area contributed by atoms with Crippen LogP contribution in [0.25, 0.3) is 0 Å². The molecule has 9 N–H and O–H groups in total. The second-order valence-corrected chi connectivity index (χ2v) is 5.32. The van der Waals surface area contributed by atoms with Crippen molar-refractivity contribution in [2.75, 3.05) is 13.2 Å². The third kappa shape index (κ3) is 4.58. The Kier molecular flexibility index (Phi) is 7.88. The predicted octanol–water partition coefficient (Wildman–Crippen LogP) is -5.67. The maximum atomic E-state index is 10.7. The van der Waals surface area contributed by atoms with Gasteiger partial charge in [-0.2, -0.15) is 0 Å². The van der Waals surface area contributed by atoms with E-state index in [1.807, 2.05) is 0 Å². The van der Waals surface area contributed by atoms with Crippen molar-refractivity contribution >= 4 is 5.97 Å². The largest absolute Gasteiger partial charge is 0.479 e. The second-order valence-electron chi connectivity index (χ2n) is 5.32. The zero-order chi connectivity index (χ0) is 18.6. The highest BCUT2D eigenvalue weighted by molar-refractivity contribution is 5.72. The highest BCUT2D eigenvalue weighted by atomic mass is 16.7. The SMILES string of the molecule is O=C(O)[C@H](O)[C@@H](O)[C@H](O[C@H]1O[C@H](CO)[C@@H](O)[C@H](O)[C@H]1O)[C@H](O)CO. The van der Waals surface area contributed by atoms with E-state index in [2.05, 4.69) is 0 Å². The number of aliphatic hydroxyl groups excluding tert-OH is 8. The minimum Gasteiger partial charge on any atom is -0.479 e. The molecule has 1 rings (SSSR count). The zero-order valence-electron chi connectivity index (χ0n) is 12.4. The lowest BCUT2D eigenvalue weighted by molar-refractivity contribution is -0.326. The number of aliphatic hydroxyl groups is 8. The van der Waals surface area contributed by atoms with Gasteiger partial charge in [0.2, 0.25) is 0 Å². The van der Waals surface area contributed by atoms with Gasteiger partial charge in [0.1, 0.15) is 42.7 Å². The molecule has 0 amide bonds. The van der Waals surface area contributed by atoms with E-state index < -0.39 is 74.3 Å². The van der Waals surface area contributed by atoms with Crippen molar-refractivity contribution in [1.82, 2.24) is 0 Å². The van der Waals surface area contributed by atoms with E-state index in [1.165, 1.54) is 0 Å². The first-order valence-electron chi connectivity index (χ1n) is 6.99. The number of carbonyl (C=O) groups is 1. The average Bonchev–Trinajstić information content (AvgIpc) is 2.57. The topological polar surface area (TPSA) is 218 Å². The van der Waals surface area contributed by atoms with Crippen molar-refractivity contribution in [3.05, 3.63) is 0 Å². The first-order valence-corrected chi connectivity index (χ1v) is 6.99. The Balaban J connectivity index is 2.94.